The predicted octanol–water partition coefficient (Wildman–Crippen LogP) is 1.15. The SMILES string of the molecule is CNC(=O)N1CC(C)SC(C)C1. The molecule has 0 aromatic rings. The highest BCUT2D eigenvalue weighted by Crippen LogP contribution is 2.24. The van der Waals surface area contributed by atoms with Crippen molar-refractivity contribution in [3.05, 3.63) is 0 Å². The van der Waals surface area contributed by atoms with Crippen molar-refractivity contribution in [3.8, 4) is 0 Å². The number of hydrogen-bond donors (Lipinski definition) is 1. The Morgan fingerprint density at radius 3 is 2.33 bits per heavy atom. The van der Waals surface area contributed by atoms with E-state index in [-0.39, 0.29) is 6.03 Å². The Morgan fingerprint density at radius 1 is 1.42 bits per heavy atom. The van der Waals surface area contributed by atoms with Gasteiger partial charge in [0.2, 0.25) is 0 Å². The van der Waals surface area contributed by atoms with Crippen LogP contribution in [0.4, 0.5) is 4.79 Å². The summed E-state index contributed by atoms with van der Waals surface area (Å²) in [5.41, 5.74) is 0. The van der Waals surface area contributed by atoms with Gasteiger partial charge in [-0.25, -0.2) is 4.79 Å². The third kappa shape index (κ3) is 2.30. The Morgan fingerprint density at radius 2 is 1.92 bits per heavy atom. The highest BCUT2D eigenvalue weighted by Gasteiger charge is 2.24. The first-order chi connectivity index (χ1) is 5.63. The molecule has 2 atom stereocenters. The maximum Gasteiger partial charge on any atom is 0.317 e. The number of thioether (sulfide) groups is 1. The van der Waals surface area contributed by atoms with Gasteiger partial charge in [-0.05, 0) is 0 Å². The van der Waals surface area contributed by atoms with Crippen molar-refractivity contribution in [1.82, 2.24) is 10.2 Å². The van der Waals surface area contributed by atoms with Gasteiger partial charge in [0.1, 0.15) is 0 Å². The minimum Gasteiger partial charge on any atom is -0.341 e. The summed E-state index contributed by atoms with van der Waals surface area (Å²) >= 11 is 1.95. The lowest BCUT2D eigenvalue weighted by Crippen LogP contribution is -2.47. The molecule has 4 heteroatoms. The molecule has 0 bridgehead atoms. The molecule has 0 saturated carbocycles. The molecule has 0 radical (unpaired) electrons. The first kappa shape index (κ1) is 9.71. The molecule has 12 heavy (non-hydrogen) atoms. The molecule has 2 unspecified atom stereocenters. The zero-order valence-electron chi connectivity index (χ0n) is 7.83. The number of hydrogen-bond acceptors (Lipinski definition) is 2. The zero-order chi connectivity index (χ0) is 9.14. The number of carbonyl (C=O) groups excluding carboxylic acids is 1. The maximum absolute atomic E-state index is 11.3. The van der Waals surface area contributed by atoms with Crippen LogP contribution in [0.25, 0.3) is 0 Å². The number of carbonyl (C=O) groups is 1. The molecule has 3 nitrogen and oxygen atoms in total. The van der Waals surface area contributed by atoms with Gasteiger partial charge in [0.15, 0.2) is 0 Å². The average molecular weight is 188 g/mol. The third-order valence-corrected chi connectivity index (χ3v) is 3.15. The van der Waals surface area contributed by atoms with Gasteiger partial charge >= 0.3 is 6.03 Å². The Balaban J connectivity index is 2.49. The second kappa shape index (κ2) is 4.03. The van der Waals surface area contributed by atoms with E-state index in [1.807, 2.05) is 16.7 Å². The summed E-state index contributed by atoms with van der Waals surface area (Å²) in [6.45, 7) is 6.07. The van der Waals surface area contributed by atoms with E-state index in [1.54, 1.807) is 7.05 Å². The van der Waals surface area contributed by atoms with Crippen LogP contribution in [0.2, 0.25) is 0 Å². The van der Waals surface area contributed by atoms with Crippen LogP contribution in [-0.4, -0.2) is 41.6 Å². The summed E-state index contributed by atoms with van der Waals surface area (Å²) in [5, 5.41) is 3.78. The van der Waals surface area contributed by atoms with Crippen LogP contribution < -0.4 is 5.32 Å². The van der Waals surface area contributed by atoms with Gasteiger partial charge < -0.3 is 10.2 Å². The molecule has 70 valence electrons. The second-order valence-corrected chi connectivity index (χ2v) is 5.10. The van der Waals surface area contributed by atoms with Gasteiger partial charge in [0.25, 0.3) is 0 Å². The molecular weight excluding hydrogens is 172 g/mol. The van der Waals surface area contributed by atoms with Gasteiger partial charge in [-0.15, -0.1) is 0 Å². The molecule has 1 aliphatic heterocycles. The van der Waals surface area contributed by atoms with E-state index in [1.165, 1.54) is 0 Å². The zero-order valence-corrected chi connectivity index (χ0v) is 8.65. The summed E-state index contributed by atoms with van der Waals surface area (Å²) in [5.74, 6) is 0. The van der Waals surface area contributed by atoms with Gasteiger partial charge in [-0.3, -0.25) is 0 Å². The fourth-order valence-corrected chi connectivity index (χ4v) is 2.83. The molecular formula is C8H16N2OS. The van der Waals surface area contributed by atoms with Crippen molar-refractivity contribution in [1.29, 1.82) is 0 Å². The fourth-order valence-electron chi connectivity index (χ4n) is 1.50. The van der Waals surface area contributed by atoms with Gasteiger partial charge in [-0.2, -0.15) is 11.8 Å². The predicted molar refractivity (Wildman–Crippen MR) is 52.5 cm³/mol. The lowest BCUT2D eigenvalue weighted by atomic mass is 10.3. The molecule has 1 N–H and O–H groups in total. The van der Waals surface area contributed by atoms with Crippen molar-refractivity contribution >= 4 is 17.8 Å². The maximum atomic E-state index is 11.3. The Hall–Kier alpha value is -0.380. The highest BCUT2D eigenvalue weighted by molar-refractivity contribution is 8.00. The van der Waals surface area contributed by atoms with E-state index in [0.717, 1.165) is 13.1 Å². The molecule has 1 heterocycles. The van der Waals surface area contributed by atoms with E-state index in [2.05, 4.69) is 19.2 Å². The van der Waals surface area contributed by atoms with E-state index in [0.29, 0.717) is 10.5 Å². The van der Waals surface area contributed by atoms with Crippen molar-refractivity contribution in [2.45, 2.75) is 24.3 Å². The lowest BCUT2D eigenvalue weighted by molar-refractivity contribution is 0.199. The summed E-state index contributed by atoms with van der Waals surface area (Å²) in [6, 6.07) is 0.0500. The van der Waals surface area contributed by atoms with Gasteiger partial charge in [0.05, 0.1) is 0 Å². The average Bonchev–Trinajstić information content (AvgIpc) is 2.01. The minimum absolute atomic E-state index is 0.0500. The standard InChI is InChI=1S/C8H16N2OS/c1-6-4-10(8(11)9-3)5-7(2)12-6/h6-7H,4-5H2,1-3H3,(H,9,11). The molecule has 2 amide bonds. The van der Waals surface area contributed by atoms with Crippen molar-refractivity contribution in [3.63, 3.8) is 0 Å². The topological polar surface area (TPSA) is 32.3 Å². The van der Waals surface area contributed by atoms with Crippen molar-refractivity contribution < 1.29 is 4.79 Å². The number of rotatable bonds is 0. The van der Waals surface area contributed by atoms with Crippen LogP contribution in [-0.2, 0) is 0 Å². The number of nitrogens with zero attached hydrogens (tertiary/aromatic N) is 1. The summed E-state index contributed by atoms with van der Waals surface area (Å²) in [4.78, 5) is 13.1. The van der Waals surface area contributed by atoms with Crippen LogP contribution in [0.15, 0.2) is 0 Å². The Labute approximate surface area is 77.9 Å². The van der Waals surface area contributed by atoms with Crippen LogP contribution in [0, 0.1) is 0 Å². The van der Waals surface area contributed by atoms with E-state index < -0.39 is 0 Å². The second-order valence-electron chi connectivity index (χ2n) is 3.22. The largest absolute Gasteiger partial charge is 0.341 e. The normalized spacial score (nSPS) is 30.1. The first-order valence-electron chi connectivity index (χ1n) is 4.25. The van der Waals surface area contributed by atoms with Gasteiger partial charge in [-0.1, -0.05) is 13.8 Å². The van der Waals surface area contributed by atoms with Crippen molar-refractivity contribution in [2.75, 3.05) is 20.1 Å². The summed E-state index contributed by atoms with van der Waals surface area (Å²) in [7, 11) is 1.68. The molecule has 0 aromatic carbocycles. The van der Waals surface area contributed by atoms with E-state index in [4.69, 9.17) is 0 Å². The van der Waals surface area contributed by atoms with Crippen LogP contribution in [0.5, 0.6) is 0 Å². The molecule has 1 saturated heterocycles. The van der Waals surface area contributed by atoms with Gasteiger partial charge in [0, 0.05) is 30.6 Å². The molecule has 0 aromatic heterocycles. The molecule has 0 spiro atoms. The molecule has 0 aliphatic carbocycles. The number of amides is 2. The first-order valence-corrected chi connectivity index (χ1v) is 5.20. The Kier molecular flexibility index (Phi) is 3.26. The molecule has 1 fully saturated rings. The summed E-state index contributed by atoms with van der Waals surface area (Å²) < 4.78 is 0. The number of nitrogens with one attached hydrogen (secondary N) is 1. The van der Waals surface area contributed by atoms with Crippen molar-refractivity contribution in [2.24, 2.45) is 0 Å². The minimum atomic E-state index is 0.0500. The number of urea groups is 1. The molecule has 1 rings (SSSR count). The van der Waals surface area contributed by atoms with E-state index >= 15 is 0 Å². The smallest absolute Gasteiger partial charge is 0.317 e. The summed E-state index contributed by atoms with van der Waals surface area (Å²) in [6.07, 6.45) is 0. The van der Waals surface area contributed by atoms with Crippen LogP contribution >= 0.6 is 11.8 Å². The lowest BCUT2D eigenvalue weighted by Gasteiger charge is -2.34. The Bertz CT molecular complexity index is 164. The quantitative estimate of drug-likeness (QED) is 0.618. The monoisotopic (exact) mass is 188 g/mol. The highest BCUT2D eigenvalue weighted by atomic mass is 32.2. The fraction of sp³-hybridized carbons (Fsp3) is 0.875. The van der Waals surface area contributed by atoms with E-state index in [9.17, 15) is 4.79 Å². The van der Waals surface area contributed by atoms with Crippen LogP contribution in [0.3, 0.4) is 0 Å². The molecule has 1 aliphatic rings. The third-order valence-electron chi connectivity index (χ3n) is 1.92. The van der Waals surface area contributed by atoms with Crippen LogP contribution in [0.1, 0.15) is 13.8 Å².